The maximum absolute atomic E-state index is 14.4. The van der Waals surface area contributed by atoms with Gasteiger partial charge in [0.15, 0.2) is 0 Å². The molecular weight excluding hydrogens is 590 g/mol. The topological polar surface area (TPSA) is 114 Å². The van der Waals surface area contributed by atoms with Gasteiger partial charge >= 0.3 is 12.1 Å². The zero-order valence-corrected chi connectivity index (χ0v) is 28.7. The van der Waals surface area contributed by atoms with Gasteiger partial charge in [-0.1, -0.05) is 48.4 Å². The molecule has 0 heterocycles. The van der Waals surface area contributed by atoms with Crippen LogP contribution >= 0.6 is 12.6 Å². The molecule has 10 heteroatoms. The summed E-state index contributed by atoms with van der Waals surface area (Å²) in [6.07, 6.45) is 4.94. The van der Waals surface area contributed by atoms with Crippen molar-refractivity contribution in [2.24, 2.45) is 0 Å². The molecule has 0 aliphatic rings. The largest absolute Gasteiger partial charge is 0.458 e. The number of carbonyl (C=O) groups excluding carboxylic acids is 4. The fourth-order valence-corrected chi connectivity index (χ4v) is 4.74. The van der Waals surface area contributed by atoms with Crippen LogP contribution in [-0.4, -0.2) is 63.4 Å². The van der Waals surface area contributed by atoms with E-state index < -0.39 is 58.7 Å². The molecule has 3 amide bonds. The van der Waals surface area contributed by atoms with Crippen molar-refractivity contribution in [3.05, 3.63) is 71.3 Å². The first-order chi connectivity index (χ1) is 20.8. The van der Waals surface area contributed by atoms with Gasteiger partial charge in [0.1, 0.15) is 29.3 Å². The summed E-state index contributed by atoms with van der Waals surface area (Å²) in [5, 5.41) is 5.47. The monoisotopic (exact) mass is 637 g/mol. The molecule has 0 aliphatic heterocycles. The minimum absolute atomic E-state index is 0.0659. The normalized spacial score (nSPS) is 13.8. The third-order valence-electron chi connectivity index (χ3n) is 6.32. The van der Waals surface area contributed by atoms with Gasteiger partial charge in [-0.2, -0.15) is 12.6 Å². The molecule has 0 bridgehead atoms. The Morgan fingerprint density at radius 1 is 0.822 bits per heavy atom. The SMILES string of the molecule is C#Cc1ccc(C(C(=O)NC(Cc2ccccc2)C(=O)OC(C)(C)C)N(C(=O)C(CS)NC(=O)OC(C)(C)C)C(C)(C)C)cc1. The second-order valence-electron chi connectivity index (χ2n) is 13.7. The Labute approximate surface area is 273 Å². The van der Waals surface area contributed by atoms with Crippen molar-refractivity contribution in [3.63, 3.8) is 0 Å². The fourth-order valence-electron chi connectivity index (χ4n) is 4.49. The molecule has 0 spiro atoms. The number of esters is 1. The number of terminal acetylenes is 1. The standard InChI is InChI=1S/C35H47N3O6S/c1-11-23-17-19-25(20-18-23)28(38(33(2,3)4)30(40)27(22-45)37-32(42)44-35(8,9)10)29(39)36-26(31(41)43-34(5,6)7)21-24-15-13-12-14-16-24/h1,12-20,26-28,45H,21-22H2,2-10H3,(H,36,39)(H,37,42). The summed E-state index contributed by atoms with van der Waals surface area (Å²) in [5.74, 6) is 0.687. The lowest BCUT2D eigenvalue weighted by atomic mass is 9.94. The second kappa shape index (κ2) is 15.3. The van der Waals surface area contributed by atoms with Crippen LogP contribution in [0.2, 0.25) is 0 Å². The van der Waals surface area contributed by atoms with E-state index in [1.165, 1.54) is 4.90 Å². The minimum Gasteiger partial charge on any atom is -0.458 e. The third-order valence-corrected chi connectivity index (χ3v) is 6.69. The summed E-state index contributed by atoms with van der Waals surface area (Å²) in [6, 6.07) is 12.5. The zero-order valence-electron chi connectivity index (χ0n) is 27.8. The predicted molar refractivity (Wildman–Crippen MR) is 179 cm³/mol. The highest BCUT2D eigenvalue weighted by Gasteiger charge is 2.42. The Bertz CT molecular complexity index is 1370. The number of ether oxygens (including phenoxy) is 2. The molecule has 0 aromatic heterocycles. The van der Waals surface area contributed by atoms with Crippen molar-refractivity contribution in [2.75, 3.05) is 5.75 Å². The molecule has 2 aromatic rings. The molecular formula is C35H47N3O6S. The molecule has 244 valence electrons. The quantitative estimate of drug-likeness (QED) is 0.187. The minimum atomic E-state index is -1.23. The Morgan fingerprint density at radius 2 is 1.38 bits per heavy atom. The van der Waals surface area contributed by atoms with E-state index in [1.54, 1.807) is 86.6 Å². The second-order valence-corrected chi connectivity index (χ2v) is 14.1. The van der Waals surface area contributed by atoms with Gasteiger partial charge in [0, 0.05) is 23.3 Å². The molecule has 0 saturated carbocycles. The van der Waals surface area contributed by atoms with E-state index in [-0.39, 0.29) is 12.2 Å². The first-order valence-corrected chi connectivity index (χ1v) is 15.5. The summed E-state index contributed by atoms with van der Waals surface area (Å²) < 4.78 is 11.0. The highest BCUT2D eigenvalue weighted by Crippen LogP contribution is 2.31. The third kappa shape index (κ3) is 11.8. The van der Waals surface area contributed by atoms with Gasteiger partial charge in [-0.15, -0.1) is 6.42 Å². The maximum atomic E-state index is 14.4. The lowest BCUT2D eigenvalue weighted by Crippen LogP contribution is -2.60. The molecule has 0 aliphatic carbocycles. The highest BCUT2D eigenvalue weighted by atomic mass is 32.1. The van der Waals surface area contributed by atoms with Crippen molar-refractivity contribution in [1.82, 2.24) is 15.5 Å². The van der Waals surface area contributed by atoms with Gasteiger partial charge in [0.25, 0.3) is 0 Å². The molecule has 2 rings (SSSR count). The Balaban J connectivity index is 2.62. The summed E-state index contributed by atoms with van der Waals surface area (Å²) in [7, 11) is 0. The van der Waals surface area contributed by atoms with Crippen LogP contribution in [0.1, 0.15) is 85.0 Å². The smallest absolute Gasteiger partial charge is 0.408 e. The molecule has 2 aromatic carbocycles. The number of rotatable bonds is 10. The number of hydrogen-bond acceptors (Lipinski definition) is 7. The highest BCUT2D eigenvalue weighted by molar-refractivity contribution is 7.80. The van der Waals surface area contributed by atoms with Crippen LogP contribution in [0, 0.1) is 12.3 Å². The van der Waals surface area contributed by atoms with Crippen LogP contribution in [0.5, 0.6) is 0 Å². The number of hydrogen-bond donors (Lipinski definition) is 3. The van der Waals surface area contributed by atoms with Crippen LogP contribution in [0.15, 0.2) is 54.6 Å². The predicted octanol–water partition coefficient (Wildman–Crippen LogP) is 5.23. The number of amides is 3. The van der Waals surface area contributed by atoms with Crippen LogP contribution in [0.4, 0.5) is 4.79 Å². The average molecular weight is 638 g/mol. The van der Waals surface area contributed by atoms with E-state index in [0.717, 1.165) is 5.56 Å². The Kier molecular flexibility index (Phi) is 12.7. The molecule has 0 fully saturated rings. The maximum Gasteiger partial charge on any atom is 0.408 e. The number of alkyl carbamates (subject to hydrolysis) is 1. The van der Waals surface area contributed by atoms with Crippen LogP contribution in [0.3, 0.4) is 0 Å². The lowest BCUT2D eigenvalue weighted by molar-refractivity contribution is -0.159. The summed E-state index contributed by atoms with van der Waals surface area (Å²) >= 11 is 4.34. The molecule has 2 N–H and O–H groups in total. The number of nitrogens with one attached hydrogen (secondary N) is 2. The number of carbonyl (C=O) groups is 4. The first-order valence-electron chi connectivity index (χ1n) is 14.8. The molecule has 9 nitrogen and oxygen atoms in total. The van der Waals surface area contributed by atoms with E-state index in [4.69, 9.17) is 15.9 Å². The van der Waals surface area contributed by atoms with E-state index in [0.29, 0.717) is 11.1 Å². The van der Waals surface area contributed by atoms with Crippen molar-refractivity contribution in [2.45, 2.75) is 104 Å². The van der Waals surface area contributed by atoms with Gasteiger partial charge in [0.05, 0.1) is 0 Å². The van der Waals surface area contributed by atoms with E-state index in [9.17, 15) is 19.2 Å². The van der Waals surface area contributed by atoms with Crippen LogP contribution in [-0.2, 0) is 30.3 Å². The molecule has 45 heavy (non-hydrogen) atoms. The first kappa shape index (κ1) is 37.2. The zero-order chi connectivity index (χ0) is 34.2. The van der Waals surface area contributed by atoms with Gasteiger partial charge in [-0.05, 0) is 85.6 Å². The van der Waals surface area contributed by atoms with E-state index in [1.807, 2.05) is 30.3 Å². The lowest BCUT2D eigenvalue weighted by Gasteiger charge is -2.43. The molecule has 0 radical (unpaired) electrons. The molecule has 3 unspecified atom stereocenters. The Hall–Kier alpha value is -3.97. The van der Waals surface area contributed by atoms with Crippen molar-refractivity contribution >= 4 is 36.5 Å². The van der Waals surface area contributed by atoms with Crippen molar-refractivity contribution < 1.29 is 28.7 Å². The molecule has 3 atom stereocenters. The van der Waals surface area contributed by atoms with E-state index >= 15 is 0 Å². The summed E-state index contributed by atoms with van der Waals surface area (Å²) in [4.78, 5) is 56.1. The average Bonchev–Trinajstić information content (AvgIpc) is 2.92. The molecule has 0 saturated heterocycles. The summed E-state index contributed by atoms with van der Waals surface area (Å²) in [5.41, 5.74) is -0.698. The van der Waals surface area contributed by atoms with Gasteiger partial charge < -0.3 is 25.0 Å². The van der Waals surface area contributed by atoms with E-state index in [2.05, 4.69) is 29.2 Å². The van der Waals surface area contributed by atoms with Gasteiger partial charge in [-0.25, -0.2) is 9.59 Å². The number of benzene rings is 2. The van der Waals surface area contributed by atoms with Crippen molar-refractivity contribution in [1.29, 1.82) is 0 Å². The summed E-state index contributed by atoms with van der Waals surface area (Å²) in [6.45, 7) is 15.7. The van der Waals surface area contributed by atoms with Crippen LogP contribution < -0.4 is 10.6 Å². The number of thiol groups is 1. The fraction of sp³-hybridized carbons (Fsp3) is 0.486. The van der Waals surface area contributed by atoms with Crippen LogP contribution in [0.25, 0.3) is 0 Å². The van der Waals surface area contributed by atoms with Crippen molar-refractivity contribution in [3.8, 4) is 12.3 Å². The Morgan fingerprint density at radius 3 is 1.84 bits per heavy atom. The number of nitrogens with zero attached hydrogens (tertiary/aromatic N) is 1. The van der Waals surface area contributed by atoms with Gasteiger partial charge in [-0.3, -0.25) is 9.59 Å². The van der Waals surface area contributed by atoms with Gasteiger partial charge in [0.2, 0.25) is 11.8 Å².